The molecule has 21 heavy (non-hydrogen) atoms. The number of hydrogen-bond acceptors (Lipinski definition) is 2. The van der Waals surface area contributed by atoms with Crippen LogP contribution in [0.4, 0.5) is 5.69 Å². The van der Waals surface area contributed by atoms with Crippen molar-refractivity contribution in [1.82, 2.24) is 4.90 Å². The Balaban J connectivity index is 2.25. The molecule has 0 unspecified atom stereocenters. The molecule has 0 saturated carbocycles. The smallest absolute Gasteiger partial charge is 0.254 e. The molecule has 1 amide bonds. The van der Waals surface area contributed by atoms with E-state index in [0.29, 0.717) is 29.4 Å². The van der Waals surface area contributed by atoms with Gasteiger partial charge in [-0.05, 0) is 49.2 Å². The fourth-order valence-corrected chi connectivity index (χ4v) is 2.45. The van der Waals surface area contributed by atoms with Crippen molar-refractivity contribution in [2.24, 2.45) is 0 Å². The molecule has 110 valence electrons. The summed E-state index contributed by atoms with van der Waals surface area (Å²) in [5.74, 6) is -0.0118. The van der Waals surface area contributed by atoms with E-state index in [-0.39, 0.29) is 5.91 Å². The Morgan fingerprint density at radius 1 is 1.24 bits per heavy atom. The molecule has 0 aliphatic rings. The van der Waals surface area contributed by atoms with Gasteiger partial charge in [-0.2, -0.15) is 0 Å². The summed E-state index contributed by atoms with van der Waals surface area (Å²) in [6.07, 6.45) is 0. The summed E-state index contributed by atoms with van der Waals surface area (Å²) in [6, 6.07) is 13.0. The summed E-state index contributed by atoms with van der Waals surface area (Å²) >= 11 is 5.99. The SMILES string of the molecule is CCN(Cc1cccc(Cl)c1)C(=O)c1cccc(N)c1C. The van der Waals surface area contributed by atoms with Crippen molar-refractivity contribution in [2.75, 3.05) is 12.3 Å². The summed E-state index contributed by atoms with van der Waals surface area (Å²) in [4.78, 5) is 14.5. The number of carbonyl (C=O) groups is 1. The second-order valence-electron chi connectivity index (χ2n) is 4.97. The molecule has 2 rings (SSSR count). The number of benzene rings is 2. The zero-order chi connectivity index (χ0) is 15.4. The van der Waals surface area contributed by atoms with E-state index in [0.717, 1.165) is 11.1 Å². The Hall–Kier alpha value is -2.00. The predicted molar refractivity (Wildman–Crippen MR) is 87.5 cm³/mol. The van der Waals surface area contributed by atoms with Gasteiger partial charge in [0.15, 0.2) is 0 Å². The summed E-state index contributed by atoms with van der Waals surface area (Å²) < 4.78 is 0. The number of halogens is 1. The third kappa shape index (κ3) is 3.56. The molecule has 2 N–H and O–H groups in total. The van der Waals surface area contributed by atoms with Crippen LogP contribution in [0.15, 0.2) is 42.5 Å². The van der Waals surface area contributed by atoms with Crippen molar-refractivity contribution in [3.8, 4) is 0 Å². The first-order chi connectivity index (χ1) is 10.0. The van der Waals surface area contributed by atoms with E-state index in [9.17, 15) is 4.79 Å². The fourth-order valence-electron chi connectivity index (χ4n) is 2.24. The summed E-state index contributed by atoms with van der Waals surface area (Å²) in [7, 11) is 0. The third-order valence-electron chi connectivity index (χ3n) is 3.54. The molecule has 3 nitrogen and oxygen atoms in total. The van der Waals surface area contributed by atoms with Crippen molar-refractivity contribution in [3.63, 3.8) is 0 Å². The van der Waals surface area contributed by atoms with Crippen LogP contribution < -0.4 is 5.73 Å². The number of nitrogen functional groups attached to an aromatic ring is 1. The highest BCUT2D eigenvalue weighted by Crippen LogP contribution is 2.19. The summed E-state index contributed by atoms with van der Waals surface area (Å²) in [5, 5.41) is 0.677. The molecule has 2 aromatic rings. The monoisotopic (exact) mass is 302 g/mol. The molecule has 0 heterocycles. The minimum Gasteiger partial charge on any atom is -0.398 e. The predicted octanol–water partition coefficient (Wildman–Crippen LogP) is 3.89. The van der Waals surface area contributed by atoms with Gasteiger partial charge < -0.3 is 10.6 Å². The highest BCUT2D eigenvalue weighted by molar-refractivity contribution is 6.30. The molecule has 0 radical (unpaired) electrons. The molecule has 0 aliphatic carbocycles. The summed E-state index contributed by atoms with van der Waals surface area (Å²) in [6.45, 7) is 4.99. The number of carbonyl (C=O) groups excluding carboxylic acids is 1. The second-order valence-corrected chi connectivity index (χ2v) is 5.41. The molecule has 0 atom stereocenters. The van der Waals surface area contributed by atoms with E-state index in [4.69, 9.17) is 17.3 Å². The molecule has 0 aromatic heterocycles. The lowest BCUT2D eigenvalue weighted by atomic mass is 10.1. The molecule has 0 fully saturated rings. The second kappa shape index (κ2) is 6.64. The standard InChI is InChI=1S/C17H19ClN2O/c1-3-20(11-13-6-4-7-14(18)10-13)17(21)15-8-5-9-16(19)12(15)2/h4-10H,3,11,19H2,1-2H3. The van der Waals surface area contributed by atoms with Gasteiger partial charge >= 0.3 is 0 Å². The quantitative estimate of drug-likeness (QED) is 0.871. The molecule has 0 spiro atoms. The first-order valence-electron chi connectivity index (χ1n) is 6.91. The lowest BCUT2D eigenvalue weighted by molar-refractivity contribution is 0.0752. The number of rotatable bonds is 4. The van der Waals surface area contributed by atoms with Crippen molar-refractivity contribution in [3.05, 3.63) is 64.2 Å². The van der Waals surface area contributed by atoms with Gasteiger partial charge in [0.2, 0.25) is 0 Å². The van der Waals surface area contributed by atoms with Crippen LogP contribution in [0.5, 0.6) is 0 Å². The number of nitrogens with zero attached hydrogens (tertiary/aromatic N) is 1. The van der Waals surface area contributed by atoms with E-state index in [1.807, 2.05) is 50.2 Å². The van der Waals surface area contributed by atoms with Crippen LogP contribution in [-0.2, 0) is 6.54 Å². The molecular weight excluding hydrogens is 284 g/mol. The largest absolute Gasteiger partial charge is 0.398 e. The number of hydrogen-bond donors (Lipinski definition) is 1. The average Bonchev–Trinajstić information content (AvgIpc) is 2.47. The van der Waals surface area contributed by atoms with Gasteiger partial charge in [0.05, 0.1) is 0 Å². The van der Waals surface area contributed by atoms with E-state index >= 15 is 0 Å². The molecule has 4 heteroatoms. The normalized spacial score (nSPS) is 10.4. The lowest BCUT2D eigenvalue weighted by Gasteiger charge is -2.22. The number of anilines is 1. The highest BCUT2D eigenvalue weighted by atomic mass is 35.5. The Morgan fingerprint density at radius 2 is 1.95 bits per heavy atom. The van der Waals surface area contributed by atoms with Gasteiger partial charge in [-0.15, -0.1) is 0 Å². The van der Waals surface area contributed by atoms with Crippen LogP contribution in [-0.4, -0.2) is 17.4 Å². The molecule has 2 aromatic carbocycles. The minimum absolute atomic E-state index is 0.0118. The average molecular weight is 303 g/mol. The van der Waals surface area contributed by atoms with Gasteiger partial charge in [-0.3, -0.25) is 4.79 Å². The van der Waals surface area contributed by atoms with Gasteiger partial charge in [-0.1, -0.05) is 29.8 Å². The van der Waals surface area contributed by atoms with Crippen LogP contribution in [0, 0.1) is 6.92 Å². The van der Waals surface area contributed by atoms with Crippen molar-refractivity contribution in [1.29, 1.82) is 0 Å². The summed E-state index contributed by atoms with van der Waals surface area (Å²) in [5.41, 5.74) is 9.01. The zero-order valence-electron chi connectivity index (χ0n) is 12.3. The maximum absolute atomic E-state index is 12.7. The molecule has 0 saturated heterocycles. The van der Waals surface area contributed by atoms with Crippen LogP contribution in [0.2, 0.25) is 5.02 Å². The van der Waals surface area contributed by atoms with Crippen LogP contribution >= 0.6 is 11.6 Å². The Morgan fingerprint density at radius 3 is 2.62 bits per heavy atom. The molecular formula is C17H19ClN2O. The lowest BCUT2D eigenvalue weighted by Crippen LogP contribution is -2.31. The van der Waals surface area contributed by atoms with Crippen LogP contribution in [0.1, 0.15) is 28.4 Å². The topological polar surface area (TPSA) is 46.3 Å². The van der Waals surface area contributed by atoms with E-state index in [1.54, 1.807) is 11.0 Å². The Labute approximate surface area is 130 Å². The maximum atomic E-state index is 12.7. The van der Waals surface area contributed by atoms with E-state index in [2.05, 4.69) is 0 Å². The van der Waals surface area contributed by atoms with Gasteiger partial charge in [0.25, 0.3) is 5.91 Å². The molecule has 0 aliphatic heterocycles. The first-order valence-corrected chi connectivity index (χ1v) is 7.29. The zero-order valence-corrected chi connectivity index (χ0v) is 13.0. The number of nitrogens with two attached hydrogens (primary N) is 1. The van der Waals surface area contributed by atoms with Crippen molar-refractivity contribution >= 4 is 23.2 Å². The van der Waals surface area contributed by atoms with E-state index < -0.39 is 0 Å². The van der Waals surface area contributed by atoms with Gasteiger partial charge in [0, 0.05) is 29.4 Å². The van der Waals surface area contributed by atoms with Crippen LogP contribution in [0.3, 0.4) is 0 Å². The minimum atomic E-state index is -0.0118. The highest BCUT2D eigenvalue weighted by Gasteiger charge is 2.17. The van der Waals surface area contributed by atoms with Crippen molar-refractivity contribution < 1.29 is 4.79 Å². The first kappa shape index (κ1) is 15.4. The Bertz CT molecular complexity index is 655. The van der Waals surface area contributed by atoms with Crippen LogP contribution in [0.25, 0.3) is 0 Å². The Kier molecular flexibility index (Phi) is 4.86. The van der Waals surface area contributed by atoms with Gasteiger partial charge in [0.1, 0.15) is 0 Å². The maximum Gasteiger partial charge on any atom is 0.254 e. The molecule has 0 bridgehead atoms. The fraction of sp³-hybridized carbons (Fsp3) is 0.235. The number of amides is 1. The van der Waals surface area contributed by atoms with Crippen molar-refractivity contribution in [2.45, 2.75) is 20.4 Å². The third-order valence-corrected chi connectivity index (χ3v) is 3.77. The van der Waals surface area contributed by atoms with Gasteiger partial charge in [-0.25, -0.2) is 0 Å². The van der Waals surface area contributed by atoms with E-state index in [1.165, 1.54) is 0 Å².